The largest absolute Gasteiger partial charge is 0.497 e. The molecule has 4 nitrogen and oxygen atoms in total. The molecule has 0 spiro atoms. The Kier molecular flexibility index (Phi) is 4.88. The van der Waals surface area contributed by atoms with Crippen LogP contribution in [-0.2, 0) is 10.3 Å². The highest BCUT2D eigenvalue weighted by Gasteiger charge is 2.38. The lowest BCUT2D eigenvalue weighted by molar-refractivity contribution is 0.0468. The quantitative estimate of drug-likeness (QED) is 0.829. The van der Waals surface area contributed by atoms with Gasteiger partial charge in [-0.15, -0.1) is 11.3 Å². The van der Waals surface area contributed by atoms with Gasteiger partial charge in [0.25, 0.3) is 0 Å². The standard InChI is InChI=1S/C17H24N2O2S2/c1-16(2,3)23-19-17(7-9-21-10-8-17)15-18-13-6-5-12(20-4)11-14(13)22-15/h5-6,11,19H,7-10H2,1-4H3. The zero-order valence-corrected chi connectivity index (χ0v) is 15.8. The second-order valence-electron chi connectivity index (χ2n) is 6.86. The third kappa shape index (κ3) is 3.82. The predicted octanol–water partition coefficient (Wildman–Crippen LogP) is 4.35. The summed E-state index contributed by atoms with van der Waals surface area (Å²) < 4.78 is 16.0. The maximum absolute atomic E-state index is 5.60. The minimum Gasteiger partial charge on any atom is -0.497 e. The van der Waals surface area contributed by atoms with Crippen LogP contribution < -0.4 is 9.46 Å². The Morgan fingerprint density at radius 3 is 2.70 bits per heavy atom. The van der Waals surface area contributed by atoms with Crippen molar-refractivity contribution in [3.63, 3.8) is 0 Å². The van der Waals surface area contributed by atoms with Gasteiger partial charge in [0.05, 0.1) is 22.9 Å². The Labute approximate surface area is 146 Å². The first-order valence-electron chi connectivity index (χ1n) is 7.90. The Morgan fingerprint density at radius 2 is 2.04 bits per heavy atom. The van der Waals surface area contributed by atoms with E-state index >= 15 is 0 Å². The molecular formula is C17H24N2O2S2. The molecule has 0 bridgehead atoms. The van der Waals surface area contributed by atoms with Crippen LogP contribution >= 0.6 is 23.3 Å². The number of ether oxygens (including phenoxy) is 2. The van der Waals surface area contributed by atoms with Crippen LogP contribution in [0.25, 0.3) is 10.2 Å². The molecule has 0 aliphatic carbocycles. The second kappa shape index (κ2) is 6.59. The van der Waals surface area contributed by atoms with Crippen LogP contribution in [0.5, 0.6) is 5.75 Å². The summed E-state index contributed by atoms with van der Waals surface area (Å²) in [5.74, 6) is 0.880. The van der Waals surface area contributed by atoms with Crippen LogP contribution in [0.15, 0.2) is 18.2 Å². The summed E-state index contributed by atoms with van der Waals surface area (Å²) in [6, 6.07) is 6.08. The molecule has 1 aromatic heterocycles. The molecule has 1 aliphatic rings. The first-order chi connectivity index (χ1) is 10.9. The van der Waals surface area contributed by atoms with Crippen molar-refractivity contribution in [3.05, 3.63) is 23.2 Å². The molecule has 1 aliphatic heterocycles. The molecule has 0 unspecified atom stereocenters. The third-order valence-electron chi connectivity index (χ3n) is 3.90. The topological polar surface area (TPSA) is 43.4 Å². The summed E-state index contributed by atoms with van der Waals surface area (Å²) in [4.78, 5) is 4.92. The molecule has 1 saturated heterocycles. The maximum Gasteiger partial charge on any atom is 0.120 e. The number of nitrogens with zero attached hydrogens (tertiary/aromatic N) is 1. The van der Waals surface area contributed by atoms with Crippen LogP contribution in [0.3, 0.4) is 0 Å². The van der Waals surface area contributed by atoms with E-state index < -0.39 is 0 Å². The fraction of sp³-hybridized carbons (Fsp3) is 0.588. The van der Waals surface area contributed by atoms with Crippen LogP contribution in [0.1, 0.15) is 38.6 Å². The Hall–Kier alpha value is -0.820. The molecule has 23 heavy (non-hydrogen) atoms. The number of nitrogens with one attached hydrogen (secondary N) is 1. The van der Waals surface area contributed by atoms with Gasteiger partial charge in [-0.3, -0.25) is 4.72 Å². The highest BCUT2D eigenvalue weighted by atomic mass is 32.2. The number of aromatic nitrogens is 1. The average molecular weight is 353 g/mol. The van der Waals surface area contributed by atoms with Gasteiger partial charge in [0.1, 0.15) is 10.8 Å². The van der Waals surface area contributed by atoms with E-state index in [1.807, 2.05) is 12.1 Å². The average Bonchev–Trinajstić information content (AvgIpc) is 2.97. The third-order valence-corrected chi connectivity index (χ3v) is 6.23. The van der Waals surface area contributed by atoms with Crippen molar-refractivity contribution < 1.29 is 9.47 Å². The van der Waals surface area contributed by atoms with Gasteiger partial charge in [0, 0.05) is 18.0 Å². The second-order valence-corrected chi connectivity index (χ2v) is 9.53. The number of benzene rings is 1. The first-order valence-corrected chi connectivity index (χ1v) is 9.53. The smallest absolute Gasteiger partial charge is 0.120 e. The predicted molar refractivity (Wildman–Crippen MR) is 98.4 cm³/mol. The van der Waals surface area contributed by atoms with Crippen molar-refractivity contribution >= 4 is 33.5 Å². The minimum atomic E-state index is -0.104. The van der Waals surface area contributed by atoms with Crippen LogP contribution in [0.2, 0.25) is 0 Å². The summed E-state index contributed by atoms with van der Waals surface area (Å²) >= 11 is 3.55. The molecular weight excluding hydrogens is 328 g/mol. The molecule has 2 aromatic rings. The minimum absolute atomic E-state index is 0.104. The molecule has 3 rings (SSSR count). The summed E-state index contributed by atoms with van der Waals surface area (Å²) in [5.41, 5.74) is 0.937. The van der Waals surface area contributed by atoms with Crippen LogP contribution in [-0.4, -0.2) is 30.1 Å². The van der Waals surface area contributed by atoms with Gasteiger partial charge >= 0.3 is 0 Å². The lowest BCUT2D eigenvalue weighted by Gasteiger charge is -2.37. The summed E-state index contributed by atoms with van der Waals surface area (Å²) in [6.45, 7) is 8.22. The fourth-order valence-electron chi connectivity index (χ4n) is 2.57. The van der Waals surface area contributed by atoms with Crippen molar-refractivity contribution in [3.8, 4) is 5.75 Å². The van der Waals surface area contributed by atoms with Gasteiger partial charge in [0.15, 0.2) is 0 Å². The first kappa shape index (κ1) is 17.0. The van der Waals surface area contributed by atoms with E-state index in [9.17, 15) is 0 Å². The van der Waals surface area contributed by atoms with Gasteiger partial charge in [-0.25, -0.2) is 4.98 Å². The zero-order valence-electron chi connectivity index (χ0n) is 14.1. The van der Waals surface area contributed by atoms with E-state index in [0.29, 0.717) is 0 Å². The Balaban J connectivity index is 1.95. The summed E-state index contributed by atoms with van der Waals surface area (Å²) in [5, 5.41) is 1.15. The summed E-state index contributed by atoms with van der Waals surface area (Å²) in [6.07, 6.45) is 1.90. The molecule has 0 radical (unpaired) electrons. The maximum atomic E-state index is 5.60. The fourth-order valence-corrected chi connectivity index (χ4v) is 4.63. The molecule has 6 heteroatoms. The zero-order chi connectivity index (χ0) is 16.5. The summed E-state index contributed by atoms with van der Waals surface area (Å²) in [7, 11) is 1.70. The van der Waals surface area contributed by atoms with E-state index in [1.165, 1.54) is 4.70 Å². The van der Waals surface area contributed by atoms with Crippen molar-refractivity contribution in [1.29, 1.82) is 0 Å². The van der Waals surface area contributed by atoms with Gasteiger partial charge < -0.3 is 9.47 Å². The highest BCUT2D eigenvalue weighted by Crippen LogP contribution is 2.40. The number of thiazole rings is 1. The van der Waals surface area contributed by atoms with Crippen molar-refractivity contribution in [1.82, 2.24) is 9.71 Å². The van der Waals surface area contributed by atoms with Gasteiger partial charge in [-0.1, -0.05) is 11.9 Å². The van der Waals surface area contributed by atoms with E-state index in [4.69, 9.17) is 14.5 Å². The van der Waals surface area contributed by atoms with Crippen LogP contribution in [0, 0.1) is 0 Å². The lowest BCUT2D eigenvalue weighted by atomic mass is 9.92. The number of hydrogen-bond acceptors (Lipinski definition) is 6. The number of hydrogen-bond donors (Lipinski definition) is 1. The molecule has 0 amide bonds. The molecule has 0 atom stereocenters. The SMILES string of the molecule is COc1ccc2nc(C3(NSC(C)(C)C)CCOCC3)sc2c1. The number of rotatable bonds is 4. The van der Waals surface area contributed by atoms with Gasteiger partial charge in [-0.2, -0.15) is 0 Å². The Morgan fingerprint density at radius 1 is 1.30 bits per heavy atom. The van der Waals surface area contributed by atoms with Crippen molar-refractivity contribution in [2.45, 2.75) is 43.9 Å². The molecule has 1 fully saturated rings. The number of methoxy groups -OCH3 is 1. The van der Waals surface area contributed by atoms with E-state index in [2.05, 4.69) is 31.6 Å². The van der Waals surface area contributed by atoms with E-state index in [1.54, 1.807) is 30.4 Å². The van der Waals surface area contributed by atoms with Crippen molar-refractivity contribution in [2.24, 2.45) is 0 Å². The molecule has 1 N–H and O–H groups in total. The molecule has 1 aromatic carbocycles. The molecule has 0 saturated carbocycles. The number of fused-ring (bicyclic) bond motifs is 1. The van der Waals surface area contributed by atoms with Crippen molar-refractivity contribution in [2.75, 3.05) is 20.3 Å². The van der Waals surface area contributed by atoms with Gasteiger partial charge in [-0.05, 0) is 51.8 Å². The lowest BCUT2D eigenvalue weighted by Crippen LogP contribution is -2.44. The van der Waals surface area contributed by atoms with E-state index in [0.717, 1.165) is 42.3 Å². The molecule has 126 valence electrons. The van der Waals surface area contributed by atoms with E-state index in [-0.39, 0.29) is 10.3 Å². The molecule has 2 heterocycles. The highest BCUT2D eigenvalue weighted by molar-refractivity contribution is 7.98. The van der Waals surface area contributed by atoms with Gasteiger partial charge in [0.2, 0.25) is 0 Å². The Bertz CT molecular complexity index is 673. The monoisotopic (exact) mass is 352 g/mol. The normalized spacial score (nSPS) is 18.3. The van der Waals surface area contributed by atoms with Crippen LogP contribution in [0.4, 0.5) is 0 Å².